The number of rotatable bonds is 12. The summed E-state index contributed by atoms with van der Waals surface area (Å²) in [6, 6.07) is 0. The maximum atomic E-state index is 9.39. The highest BCUT2D eigenvalue weighted by molar-refractivity contribution is 7.98. The van der Waals surface area contributed by atoms with E-state index in [0.717, 1.165) is 68.9 Å². The van der Waals surface area contributed by atoms with Crippen molar-refractivity contribution >= 4 is 17.7 Å². The molecule has 9 heteroatoms. The Labute approximate surface area is 179 Å². The Morgan fingerprint density at radius 2 is 2.21 bits per heavy atom. The molecule has 2 heterocycles. The molecule has 1 fully saturated rings. The molecule has 1 unspecified atom stereocenters. The van der Waals surface area contributed by atoms with Gasteiger partial charge in [0.2, 0.25) is 0 Å². The Kier molecular flexibility index (Phi) is 10.2. The van der Waals surface area contributed by atoms with Crippen LogP contribution < -0.4 is 10.6 Å². The SMILES string of the molecule is CCNC(=NCC1(CCO)CCOC1)NCCCc1nnc(SC)n1CC(C)C. The van der Waals surface area contributed by atoms with Crippen molar-refractivity contribution in [3.8, 4) is 0 Å². The average Bonchev–Trinajstić information content (AvgIpc) is 3.30. The summed E-state index contributed by atoms with van der Waals surface area (Å²) < 4.78 is 7.81. The largest absolute Gasteiger partial charge is 0.396 e. The standard InChI is InChI=1S/C20H38N6O2S/c1-5-21-18(23-14-20(8-11-27)9-12-28-15-20)22-10-6-7-17-24-25-19(29-4)26(17)13-16(2)3/h16,27H,5-15H2,1-4H3,(H2,21,22,23). The Balaban J connectivity index is 1.87. The van der Waals surface area contributed by atoms with E-state index in [-0.39, 0.29) is 12.0 Å². The monoisotopic (exact) mass is 426 g/mol. The molecule has 3 N–H and O–H groups in total. The fourth-order valence-electron chi connectivity index (χ4n) is 3.53. The van der Waals surface area contributed by atoms with Crippen LogP contribution in [0.15, 0.2) is 10.1 Å². The first-order valence-electron chi connectivity index (χ1n) is 10.7. The van der Waals surface area contributed by atoms with E-state index in [1.54, 1.807) is 11.8 Å². The van der Waals surface area contributed by atoms with Gasteiger partial charge in [0.15, 0.2) is 11.1 Å². The van der Waals surface area contributed by atoms with Crippen LogP contribution in [0.1, 0.15) is 45.9 Å². The average molecular weight is 427 g/mol. The van der Waals surface area contributed by atoms with Crippen molar-refractivity contribution < 1.29 is 9.84 Å². The summed E-state index contributed by atoms with van der Waals surface area (Å²) in [5.74, 6) is 2.44. The van der Waals surface area contributed by atoms with E-state index >= 15 is 0 Å². The minimum atomic E-state index is -0.0292. The van der Waals surface area contributed by atoms with E-state index in [1.165, 1.54) is 0 Å². The first-order chi connectivity index (χ1) is 14.0. The fraction of sp³-hybridized carbons (Fsp3) is 0.850. The van der Waals surface area contributed by atoms with Crippen molar-refractivity contribution in [1.82, 2.24) is 25.4 Å². The molecular formula is C20H38N6O2S. The van der Waals surface area contributed by atoms with Crippen LogP contribution in [0, 0.1) is 11.3 Å². The minimum Gasteiger partial charge on any atom is -0.396 e. The van der Waals surface area contributed by atoms with Crippen LogP contribution in [0.5, 0.6) is 0 Å². The third-order valence-corrected chi connectivity index (χ3v) is 5.80. The molecular weight excluding hydrogens is 388 g/mol. The van der Waals surface area contributed by atoms with Gasteiger partial charge in [-0.2, -0.15) is 0 Å². The Morgan fingerprint density at radius 1 is 1.38 bits per heavy atom. The number of aryl methyl sites for hydroxylation is 1. The third kappa shape index (κ3) is 7.46. The lowest BCUT2D eigenvalue weighted by molar-refractivity contribution is 0.131. The van der Waals surface area contributed by atoms with E-state index < -0.39 is 0 Å². The van der Waals surface area contributed by atoms with Crippen LogP contribution in [0.4, 0.5) is 0 Å². The summed E-state index contributed by atoms with van der Waals surface area (Å²) in [7, 11) is 0. The molecule has 1 aliphatic rings. The molecule has 166 valence electrons. The van der Waals surface area contributed by atoms with Crippen molar-refractivity contribution in [2.45, 2.75) is 58.2 Å². The number of aliphatic imine (C=N–C) groups is 1. The molecule has 0 bridgehead atoms. The van der Waals surface area contributed by atoms with Gasteiger partial charge in [-0.25, -0.2) is 0 Å². The van der Waals surface area contributed by atoms with Gasteiger partial charge in [0.1, 0.15) is 5.82 Å². The number of guanidine groups is 1. The van der Waals surface area contributed by atoms with Gasteiger partial charge in [-0.3, -0.25) is 4.99 Å². The number of ether oxygens (including phenoxy) is 1. The number of aromatic nitrogens is 3. The Morgan fingerprint density at radius 3 is 2.83 bits per heavy atom. The van der Waals surface area contributed by atoms with Crippen LogP contribution in [0.3, 0.4) is 0 Å². The number of hydrogen-bond acceptors (Lipinski definition) is 6. The van der Waals surface area contributed by atoms with E-state index in [4.69, 9.17) is 9.73 Å². The molecule has 0 saturated carbocycles. The normalized spacial score (nSPS) is 19.9. The maximum Gasteiger partial charge on any atom is 0.191 e. The van der Waals surface area contributed by atoms with Crippen LogP contribution in [0.25, 0.3) is 0 Å². The quantitative estimate of drug-likeness (QED) is 0.203. The number of nitrogens with one attached hydrogen (secondary N) is 2. The van der Waals surface area contributed by atoms with Gasteiger partial charge in [0.05, 0.1) is 13.2 Å². The summed E-state index contributed by atoms with van der Waals surface area (Å²) in [6.07, 6.45) is 5.58. The van der Waals surface area contributed by atoms with Crippen molar-refractivity contribution in [1.29, 1.82) is 0 Å². The van der Waals surface area contributed by atoms with Gasteiger partial charge < -0.3 is 25.0 Å². The third-order valence-electron chi connectivity index (χ3n) is 5.14. The highest BCUT2D eigenvalue weighted by Crippen LogP contribution is 2.32. The lowest BCUT2D eigenvalue weighted by Gasteiger charge is -2.24. The molecule has 8 nitrogen and oxygen atoms in total. The van der Waals surface area contributed by atoms with Crippen LogP contribution in [-0.2, 0) is 17.7 Å². The van der Waals surface area contributed by atoms with Crippen molar-refractivity contribution in [3.63, 3.8) is 0 Å². The number of thioether (sulfide) groups is 1. The van der Waals surface area contributed by atoms with Crippen LogP contribution >= 0.6 is 11.8 Å². The number of nitrogens with zero attached hydrogens (tertiary/aromatic N) is 4. The van der Waals surface area contributed by atoms with Gasteiger partial charge in [-0.15, -0.1) is 10.2 Å². The number of hydrogen-bond donors (Lipinski definition) is 3. The molecule has 2 rings (SSSR count). The lowest BCUT2D eigenvalue weighted by atomic mass is 9.84. The van der Waals surface area contributed by atoms with E-state index in [1.807, 2.05) is 6.26 Å². The smallest absolute Gasteiger partial charge is 0.191 e. The van der Waals surface area contributed by atoms with E-state index in [0.29, 0.717) is 19.1 Å². The topological polar surface area (TPSA) is 96.6 Å². The van der Waals surface area contributed by atoms with E-state index in [9.17, 15) is 5.11 Å². The molecule has 1 aliphatic heterocycles. The van der Waals surface area contributed by atoms with Gasteiger partial charge in [0, 0.05) is 44.7 Å². The second-order valence-electron chi connectivity index (χ2n) is 8.11. The van der Waals surface area contributed by atoms with E-state index in [2.05, 4.69) is 46.2 Å². The molecule has 0 aliphatic carbocycles. The zero-order chi connectivity index (χ0) is 21.1. The van der Waals surface area contributed by atoms with Crippen LogP contribution in [-0.4, -0.2) is 71.5 Å². The minimum absolute atomic E-state index is 0.0292. The Hall–Kier alpha value is -1.32. The molecule has 1 atom stereocenters. The molecule has 1 aromatic rings. The van der Waals surface area contributed by atoms with Gasteiger partial charge in [-0.05, 0) is 38.4 Å². The highest BCUT2D eigenvalue weighted by atomic mass is 32.2. The summed E-state index contributed by atoms with van der Waals surface area (Å²) in [5.41, 5.74) is -0.0292. The zero-order valence-corrected chi connectivity index (χ0v) is 19.2. The maximum absolute atomic E-state index is 9.39. The van der Waals surface area contributed by atoms with Crippen molar-refractivity contribution in [2.24, 2.45) is 16.3 Å². The summed E-state index contributed by atoms with van der Waals surface area (Å²) in [4.78, 5) is 4.77. The number of aliphatic hydroxyl groups excluding tert-OH is 1. The Bertz CT molecular complexity index is 628. The van der Waals surface area contributed by atoms with Gasteiger partial charge >= 0.3 is 0 Å². The molecule has 29 heavy (non-hydrogen) atoms. The highest BCUT2D eigenvalue weighted by Gasteiger charge is 2.34. The summed E-state index contributed by atoms with van der Waals surface area (Å²) >= 11 is 1.65. The molecule has 0 spiro atoms. The summed E-state index contributed by atoms with van der Waals surface area (Å²) in [5, 5.41) is 25.8. The molecule has 0 radical (unpaired) electrons. The van der Waals surface area contributed by atoms with Crippen molar-refractivity contribution in [2.75, 3.05) is 45.7 Å². The summed E-state index contributed by atoms with van der Waals surface area (Å²) in [6.45, 7) is 11.4. The van der Waals surface area contributed by atoms with Crippen LogP contribution in [0.2, 0.25) is 0 Å². The number of aliphatic hydroxyl groups is 1. The van der Waals surface area contributed by atoms with Crippen molar-refractivity contribution in [3.05, 3.63) is 5.82 Å². The van der Waals surface area contributed by atoms with Gasteiger partial charge in [-0.1, -0.05) is 25.6 Å². The first-order valence-corrected chi connectivity index (χ1v) is 11.9. The first kappa shape index (κ1) is 24.0. The predicted octanol–water partition coefficient (Wildman–Crippen LogP) is 1.93. The zero-order valence-electron chi connectivity index (χ0n) is 18.4. The molecule has 0 aromatic carbocycles. The fourth-order valence-corrected chi connectivity index (χ4v) is 4.06. The second kappa shape index (κ2) is 12.4. The lowest BCUT2D eigenvalue weighted by Crippen LogP contribution is -2.39. The van der Waals surface area contributed by atoms with Gasteiger partial charge in [0.25, 0.3) is 0 Å². The molecule has 1 saturated heterocycles. The predicted molar refractivity (Wildman–Crippen MR) is 119 cm³/mol. The molecule has 0 amide bonds. The molecule has 1 aromatic heterocycles. The second-order valence-corrected chi connectivity index (χ2v) is 8.88.